The second kappa shape index (κ2) is 6.11. The molecule has 1 unspecified atom stereocenters. The van der Waals surface area contributed by atoms with Gasteiger partial charge in [0, 0.05) is 9.75 Å². The van der Waals surface area contributed by atoms with Crippen molar-refractivity contribution in [2.24, 2.45) is 0 Å². The van der Waals surface area contributed by atoms with Crippen LogP contribution in [0.4, 0.5) is 0 Å². The standard InChI is InChI=1S/C18H23NS/c1-3-13-8-10-14(11-9-13)18(19-4-2)17-12-15-6-5-7-16(15)20-17/h8-12,18-19H,3-7H2,1-2H3. The van der Waals surface area contributed by atoms with Crippen molar-refractivity contribution in [1.82, 2.24) is 5.32 Å². The molecule has 1 atom stereocenters. The molecule has 0 spiro atoms. The van der Waals surface area contributed by atoms with E-state index in [1.54, 1.807) is 10.4 Å². The first-order valence-corrected chi connectivity index (χ1v) is 8.57. The van der Waals surface area contributed by atoms with Crippen LogP contribution in [0.15, 0.2) is 30.3 Å². The van der Waals surface area contributed by atoms with Crippen LogP contribution in [-0.4, -0.2) is 6.54 Å². The number of aryl methyl sites for hydroxylation is 3. The summed E-state index contributed by atoms with van der Waals surface area (Å²) in [5.41, 5.74) is 4.40. The lowest BCUT2D eigenvalue weighted by atomic mass is 10.0. The molecular formula is C18H23NS. The van der Waals surface area contributed by atoms with E-state index in [2.05, 4.69) is 49.5 Å². The van der Waals surface area contributed by atoms with Gasteiger partial charge < -0.3 is 5.32 Å². The number of hydrogen-bond acceptors (Lipinski definition) is 2. The van der Waals surface area contributed by atoms with Crippen LogP contribution in [-0.2, 0) is 19.3 Å². The number of benzene rings is 1. The number of hydrogen-bond donors (Lipinski definition) is 1. The maximum Gasteiger partial charge on any atom is 0.0671 e. The Kier molecular flexibility index (Phi) is 4.23. The van der Waals surface area contributed by atoms with Gasteiger partial charge in [0.15, 0.2) is 0 Å². The van der Waals surface area contributed by atoms with Gasteiger partial charge in [-0.15, -0.1) is 11.3 Å². The number of rotatable bonds is 5. The number of nitrogens with one attached hydrogen (secondary N) is 1. The highest BCUT2D eigenvalue weighted by molar-refractivity contribution is 7.12. The van der Waals surface area contributed by atoms with Crippen molar-refractivity contribution in [3.8, 4) is 0 Å². The van der Waals surface area contributed by atoms with Gasteiger partial charge in [-0.05, 0) is 55.0 Å². The van der Waals surface area contributed by atoms with Crippen molar-refractivity contribution < 1.29 is 0 Å². The summed E-state index contributed by atoms with van der Waals surface area (Å²) in [7, 11) is 0. The molecule has 2 aromatic rings. The van der Waals surface area contributed by atoms with Gasteiger partial charge in [0.05, 0.1) is 6.04 Å². The summed E-state index contributed by atoms with van der Waals surface area (Å²) in [5, 5.41) is 3.65. The molecule has 106 valence electrons. The topological polar surface area (TPSA) is 12.0 Å². The van der Waals surface area contributed by atoms with Crippen molar-refractivity contribution in [3.63, 3.8) is 0 Å². The molecular weight excluding hydrogens is 262 g/mol. The van der Waals surface area contributed by atoms with Crippen molar-refractivity contribution >= 4 is 11.3 Å². The lowest BCUT2D eigenvalue weighted by molar-refractivity contribution is 0.639. The number of fused-ring (bicyclic) bond motifs is 1. The molecule has 0 amide bonds. The van der Waals surface area contributed by atoms with Crippen LogP contribution in [0.3, 0.4) is 0 Å². The molecule has 3 rings (SSSR count). The summed E-state index contributed by atoms with van der Waals surface area (Å²) in [6.07, 6.45) is 5.02. The van der Waals surface area contributed by atoms with E-state index in [0.29, 0.717) is 6.04 Å². The Labute approximate surface area is 126 Å². The van der Waals surface area contributed by atoms with Gasteiger partial charge in [-0.2, -0.15) is 0 Å². The maximum absolute atomic E-state index is 3.65. The van der Waals surface area contributed by atoms with Crippen molar-refractivity contribution in [3.05, 3.63) is 56.8 Å². The van der Waals surface area contributed by atoms with Gasteiger partial charge in [-0.25, -0.2) is 0 Å². The van der Waals surface area contributed by atoms with Crippen molar-refractivity contribution in [1.29, 1.82) is 0 Å². The molecule has 1 aromatic carbocycles. The van der Waals surface area contributed by atoms with Crippen LogP contribution in [0.1, 0.15) is 52.8 Å². The van der Waals surface area contributed by atoms with E-state index >= 15 is 0 Å². The van der Waals surface area contributed by atoms with Crippen LogP contribution in [0, 0.1) is 0 Å². The van der Waals surface area contributed by atoms with E-state index in [4.69, 9.17) is 0 Å². The first kappa shape index (κ1) is 13.8. The molecule has 0 saturated heterocycles. The molecule has 0 fully saturated rings. The van der Waals surface area contributed by atoms with Gasteiger partial charge in [-0.1, -0.05) is 38.1 Å². The zero-order valence-corrected chi connectivity index (χ0v) is 13.2. The normalized spacial score (nSPS) is 15.3. The zero-order valence-electron chi connectivity index (χ0n) is 12.4. The molecule has 1 aromatic heterocycles. The molecule has 0 aliphatic heterocycles. The maximum atomic E-state index is 3.65. The first-order chi connectivity index (χ1) is 9.81. The van der Waals surface area contributed by atoms with Crippen LogP contribution < -0.4 is 5.32 Å². The van der Waals surface area contributed by atoms with Crippen LogP contribution in [0.5, 0.6) is 0 Å². The summed E-state index contributed by atoms with van der Waals surface area (Å²) in [6, 6.07) is 11.9. The quantitative estimate of drug-likeness (QED) is 0.853. The zero-order chi connectivity index (χ0) is 13.9. The highest BCUT2D eigenvalue weighted by atomic mass is 32.1. The van der Waals surface area contributed by atoms with Gasteiger partial charge in [0.1, 0.15) is 0 Å². The molecule has 0 saturated carbocycles. The lowest BCUT2D eigenvalue weighted by Crippen LogP contribution is -2.21. The van der Waals surface area contributed by atoms with Crippen molar-refractivity contribution in [2.75, 3.05) is 6.54 Å². The van der Waals surface area contributed by atoms with E-state index < -0.39 is 0 Å². The Bertz CT molecular complexity index is 546. The third-order valence-electron chi connectivity index (χ3n) is 4.18. The van der Waals surface area contributed by atoms with E-state index in [1.807, 2.05) is 11.3 Å². The smallest absolute Gasteiger partial charge is 0.0671 e. The highest BCUT2D eigenvalue weighted by Crippen LogP contribution is 2.36. The average molecular weight is 285 g/mol. The SMILES string of the molecule is CCNC(c1ccc(CC)cc1)c1cc2c(s1)CCC2. The first-order valence-electron chi connectivity index (χ1n) is 7.75. The minimum absolute atomic E-state index is 0.363. The van der Waals surface area contributed by atoms with Crippen LogP contribution in [0.25, 0.3) is 0 Å². The molecule has 1 aliphatic rings. The van der Waals surface area contributed by atoms with E-state index in [9.17, 15) is 0 Å². The predicted octanol–water partition coefficient (Wildman–Crippen LogP) is 4.50. The van der Waals surface area contributed by atoms with Gasteiger partial charge in [-0.3, -0.25) is 0 Å². The molecule has 2 heteroatoms. The van der Waals surface area contributed by atoms with Gasteiger partial charge in [0.2, 0.25) is 0 Å². The monoisotopic (exact) mass is 285 g/mol. The van der Waals surface area contributed by atoms with Crippen LogP contribution >= 0.6 is 11.3 Å². The average Bonchev–Trinajstić information content (AvgIpc) is 3.06. The van der Waals surface area contributed by atoms with Gasteiger partial charge >= 0.3 is 0 Å². The lowest BCUT2D eigenvalue weighted by Gasteiger charge is -2.17. The highest BCUT2D eigenvalue weighted by Gasteiger charge is 2.20. The second-order valence-corrected chi connectivity index (χ2v) is 6.70. The minimum Gasteiger partial charge on any atom is -0.306 e. The Morgan fingerprint density at radius 2 is 1.95 bits per heavy atom. The summed E-state index contributed by atoms with van der Waals surface area (Å²) < 4.78 is 0. The fourth-order valence-corrected chi connectivity index (χ4v) is 4.39. The fourth-order valence-electron chi connectivity index (χ4n) is 3.03. The van der Waals surface area contributed by atoms with Gasteiger partial charge in [0.25, 0.3) is 0 Å². The molecule has 1 nitrogen and oxygen atoms in total. The minimum atomic E-state index is 0.363. The molecule has 0 radical (unpaired) electrons. The second-order valence-electron chi connectivity index (χ2n) is 5.54. The van der Waals surface area contributed by atoms with Crippen LogP contribution in [0.2, 0.25) is 0 Å². The largest absolute Gasteiger partial charge is 0.306 e. The summed E-state index contributed by atoms with van der Waals surface area (Å²) in [6.45, 7) is 5.40. The third kappa shape index (κ3) is 2.68. The molecule has 1 aliphatic carbocycles. The Morgan fingerprint density at radius 3 is 2.60 bits per heavy atom. The summed E-state index contributed by atoms with van der Waals surface area (Å²) in [5.74, 6) is 0. The number of thiophene rings is 1. The van der Waals surface area contributed by atoms with E-state index in [0.717, 1.165) is 13.0 Å². The van der Waals surface area contributed by atoms with Crippen molar-refractivity contribution in [2.45, 2.75) is 45.6 Å². The Hall–Kier alpha value is -1.12. The van der Waals surface area contributed by atoms with E-state index in [1.165, 1.54) is 35.3 Å². The molecule has 1 N–H and O–H groups in total. The summed E-state index contributed by atoms with van der Waals surface area (Å²) in [4.78, 5) is 3.11. The third-order valence-corrected chi connectivity index (χ3v) is 5.48. The fraction of sp³-hybridized carbons (Fsp3) is 0.444. The predicted molar refractivity (Wildman–Crippen MR) is 87.7 cm³/mol. The molecule has 0 bridgehead atoms. The Morgan fingerprint density at radius 1 is 1.15 bits per heavy atom. The molecule has 1 heterocycles. The van der Waals surface area contributed by atoms with E-state index in [-0.39, 0.29) is 0 Å². The Balaban J connectivity index is 1.90. The summed E-state index contributed by atoms with van der Waals surface area (Å²) >= 11 is 2.01. The molecule has 20 heavy (non-hydrogen) atoms.